The van der Waals surface area contributed by atoms with E-state index in [0.717, 1.165) is 31.4 Å². The van der Waals surface area contributed by atoms with E-state index >= 15 is 0 Å². The van der Waals surface area contributed by atoms with Gasteiger partial charge in [-0.15, -0.1) is 0 Å². The number of hydrogen-bond donors (Lipinski definition) is 1. The predicted molar refractivity (Wildman–Crippen MR) is 64.9 cm³/mol. The van der Waals surface area contributed by atoms with Gasteiger partial charge < -0.3 is 9.84 Å². The van der Waals surface area contributed by atoms with E-state index in [9.17, 15) is 0 Å². The van der Waals surface area contributed by atoms with Gasteiger partial charge in [-0.2, -0.15) is 0 Å². The molecule has 0 aromatic heterocycles. The zero-order chi connectivity index (χ0) is 11.6. The normalized spacial score (nSPS) is 17.7. The van der Waals surface area contributed by atoms with Crippen LogP contribution < -0.4 is 4.74 Å². The number of ether oxygens (including phenoxy) is 1. The summed E-state index contributed by atoms with van der Waals surface area (Å²) in [6.45, 7) is 4.52. The van der Waals surface area contributed by atoms with Gasteiger partial charge in [0.15, 0.2) is 0 Å². The highest BCUT2D eigenvalue weighted by Crippen LogP contribution is 2.36. The van der Waals surface area contributed by atoms with E-state index < -0.39 is 0 Å². The van der Waals surface area contributed by atoms with Crippen LogP contribution in [0, 0.1) is 0 Å². The lowest BCUT2D eigenvalue weighted by Crippen LogP contribution is -2.33. The Morgan fingerprint density at radius 2 is 2.19 bits per heavy atom. The summed E-state index contributed by atoms with van der Waals surface area (Å²) in [5.74, 6) is 1.06. The largest absolute Gasteiger partial charge is 0.487 e. The first-order chi connectivity index (χ1) is 7.62. The van der Waals surface area contributed by atoms with Crippen LogP contribution in [0.4, 0.5) is 0 Å². The van der Waals surface area contributed by atoms with Gasteiger partial charge >= 0.3 is 0 Å². The lowest BCUT2D eigenvalue weighted by Gasteiger charge is -2.34. The average molecular weight is 220 g/mol. The second kappa shape index (κ2) is 4.46. The van der Waals surface area contributed by atoms with E-state index in [1.807, 2.05) is 0 Å². The minimum Gasteiger partial charge on any atom is -0.487 e. The standard InChI is InChI=1S/C14H20O2/c1-14(2)9-8-12-6-3-5-11(7-4-10-15)13(12)16-14/h3,5-6,15H,4,7-10H2,1-2H3. The molecule has 0 unspecified atom stereocenters. The fourth-order valence-electron chi connectivity index (χ4n) is 2.20. The highest BCUT2D eigenvalue weighted by Gasteiger charge is 2.27. The summed E-state index contributed by atoms with van der Waals surface area (Å²) >= 11 is 0. The van der Waals surface area contributed by atoms with E-state index in [2.05, 4.69) is 32.0 Å². The van der Waals surface area contributed by atoms with Gasteiger partial charge in [0, 0.05) is 6.61 Å². The third-order valence-corrected chi connectivity index (χ3v) is 3.16. The zero-order valence-corrected chi connectivity index (χ0v) is 10.1. The number of rotatable bonds is 3. The molecule has 0 radical (unpaired) electrons. The Hall–Kier alpha value is -1.02. The van der Waals surface area contributed by atoms with Crippen molar-refractivity contribution < 1.29 is 9.84 Å². The van der Waals surface area contributed by atoms with Crippen molar-refractivity contribution in [1.82, 2.24) is 0 Å². The minimum absolute atomic E-state index is 0.0533. The molecule has 0 amide bonds. The molecule has 0 fully saturated rings. The maximum absolute atomic E-state index is 8.89. The molecule has 2 heteroatoms. The van der Waals surface area contributed by atoms with Gasteiger partial charge in [0.2, 0.25) is 0 Å². The molecule has 2 rings (SSSR count). The van der Waals surface area contributed by atoms with Crippen LogP contribution in [0.25, 0.3) is 0 Å². The fraction of sp³-hybridized carbons (Fsp3) is 0.571. The lowest BCUT2D eigenvalue weighted by atomic mass is 9.92. The number of fused-ring (bicyclic) bond motifs is 1. The van der Waals surface area contributed by atoms with E-state index in [1.54, 1.807) is 0 Å². The third kappa shape index (κ3) is 2.38. The predicted octanol–water partition coefficient (Wildman–Crippen LogP) is 2.72. The number of benzene rings is 1. The summed E-state index contributed by atoms with van der Waals surface area (Å²) < 4.78 is 6.07. The molecule has 0 aliphatic carbocycles. The van der Waals surface area contributed by atoms with Crippen molar-refractivity contribution in [3.8, 4) is 5.75 Å². The molecule has 1 aromatic rings. The summed E-state index contributed by atoms with van der Waals surface area (Å²) in [4.78, 5) is 0. The first-order valence-corrected chi connectivity index (χ1v) is 6.03. The molecule has 0 atom stereocenters. The van der Waals surface area contributed by atoms with Crippen molar-refractivity contribution in [3.05, 3.63) is 29.3 Å². The average Bonchev–Trinajstić information content (AvgIpc) is 2.25. The van der Waals surface area contributed by atoms with E-state index in [4.69, 9.17) is 9.84 Å². The van der Waals surface area contributed by atoms with Crippen LogP contribution in [-0.2, 0) is 12.8 Å². The van der Waals surface area contributed by atoms with Crippen molar-refractivity contribution in [2.24, 2.45) is 0 Å². The SMILES string of the molecule is CC1(C)CCc2cccc(CCCO)c2O1. The highest BCUT2D eigenvalue weighted by atomic mass is 16.5. The summed E-state index contributed by atoms with van der Waals surface area (Å²) in [6, 6.07) is 6.34. The Morgan fingerprint density at radius 1 is 1.38 bits per heavy atom. The second-order valence-electron chi connectivity index (χ2n) is 5.09. The molecule has 1 N–H and O–H groups in total. The van der Waals surface area contributed by atoms with Crippen LogP contribution in [0.1, 0.15) is 37.8 Å². The van der Waals surface area contributed by atoms with Crippen molar-refractivity contribution in [2.75, 3.05) is 6.61 Å². The van der Waals surface area contributed by atoms with E-state index in [1.165, 1.54) is 11.1 Å². The number of aryl methyl sites for hydroxylation is 2. The molecule has 1 aliphatic heterocycles. The Labute approximate surface area is 97.3 Å². The van der Waals surface area contributed by atoms with Gasteiger partial charge in [-0.05, 0) is 50.7 Å². The molecule has 1 aromatic carbocycles. The third-order valence-electron chi connectivity index (χ3n) is 3.16. The van der Waals surface area contributed by atoms with Gasteiger partial charge in [-0.1, -0.05) is 18.2 Å². The van der Waals surface area contributed by atoms with Crippen molar-refractivity contribution in [1.29, 1.82) is 0 Å². The number of aliphatic hydroxyl groups is 1. The van der Waals surface area contributed by atoms with Crippen LogP contribution in [-0.4, -0.2) is 17.3 Å². The van der Waals surface area contributed by atoms with Gasteiger partial charge in [0.25, 0.3) is 0 Å². The smallest absolute Gasteiger partial charge is 0.126 e. The number of hydrogen-bond acceptors (Lipinski definition) is 2. The molecular weight excluding hydrogens is 200 g/mol. The van der Waals surface area contributed by atoms with Crippen LogP contribution in [0.3, 0.4) is 0 Å². The molecule has 2 nitrogen and oxygen atoms in total. The van der Waals surface area contributed by atoms with Crippen molar-refractivity contribution >= 4 is 0 Å². The Morgan fingerprint density at radius 3 is 2.94 bits per heavy atom. The van der Waals surface area contributed by atoms with Crippen LogP contribution in [0.2, 0.25) is 0 Å². The minimum atomic E-state index is -0.0533. The second-order valence-corrected chi connectivity index (χ2v) is 5.09. The summed E-state index contributed by atoms with van der Waals surface area (Å²) in [5, 5.41) is 8.89. The molecule has 0 saturated carbocycles. The monoisotopic (exact) mass is 220 g/mol. The first-order valence-electron chi connectivity index (χ1n) is 6.03. The number of para-hydroxylation sites is 1. The van der Waals surface area contributed by atoms with Crippen LogP contribution in [0.5, 0.6) is 5.75 Å². The quantitative estimate of drug-likeness (QED) is 0.848. The van der Waals surface area contributed by atoms with Gasteiger partial charge in [-0.25, -0.2) is 0 Å². The molecular formula is C14H20O2. The van der Waals surface area contributed by atoms with Gasteiger partial charge in [0.1, 0.15) is 11.4 Å². The van der Waals surface area contributed by atoms with Crippen molar-refractivity contribution in [3.63, 3.8) is 0 Å². The molecule has 0 spiro atoms. The van der Waals surface area contributed by atoms with Crippen LogP contribution in [0.15, 0.2) is 18.2 Å². The number of aliphatic hydroxyl groups excluding tert-OH is 1. The van der Waals surface area contributed by atoms with E-state index in [-0.39, 0.29) is 12.2 Å². The lowest BCUT2D eigenvalue weighted by molar-refractivity contribution is 0.0832. The summed E-state index contributed by atoms with van der Waals surface area (Å²) in [6.07, 6.45) is 3.87. The molecule has 1 heterocycles. The molecule has 88 valence electrons. The van der Waals surface area contributed by atoms with Gasteiger partial charge in [0.05, 0.1) is 0 Å². The zero-order valence-electron chi connectivity index (χ0n) is 10.1. The maximum atomic E-state index is 8.89. The van der Waals surface area contributed by atoms with Gasteiger partial charge in [-0.3, -0.25) is 0 Å². The summed E-state index contributed by atoms with van der Waals surface area (Å²) in [5.41, 5.74) is 2.50. The molecule has 1 aliphatic rings. The maximum Gasteiger partial charge on any atom is 0.126 e. The highest BCUT2D eigenvalue weighted by molar-refractivity contribution is 5.43. The van der Waals surface area contributed by atoms with Crippen LogP contribution >= 0.6 is 0 Å². The van der Waals surface area contributed by atoms with E-state index in [0.29, 0.717) is 0 Å². The topological polar surface area (TPSA) is 29.5 Å². The van der Waals surface area contributed by atoms with Crippen molar-refractivity contribution in [2.45, 2.75) is 45.1 Å². The molecule has 16 heavy (non-hydrogen) atoms. The molecule has 0 bridgehead atoms. The summed E-state index contributed by atoms with van der Waals surface area (Å²) in [7, 11) is 0. The Balaban J connectivity index is 2.27. The molecule has 0 saturated heterocycles. The fourth-order valence-corrected chi connectivity index (χ4v) is 2.20. The first kappa shape index (κ1) is 11.5. The Kier molecular flexibility index (Phi) is 3.20. The Bertz CT molecular complexity index is 369.